The molecule has 1 N–H and O–H groups in total. The molecule has 5 heteroatoms. The van der Waals surface area contributed by atoms with E-state index < -0.39 is 0 Å². The van der Waals surface area contributed by atoms with Gasteiger partial charge in [0.15, 0.2) is 0 Å². The number of benzene rings is 2. The number of anilines is 1. The van der Waals surface area contributed by atoms with Crippen LogP contribution in [0.25, 0.3) is 11.8 Å². The fourth-order valence-corrected chi connectivity index (χ4v) is 2.56. The minimum Gasteiger partial charge on any atom is -0.306 e. The molecule has 26 heavy (non-hydrogen) atoms. The molecule has 5 nitrogen and oxygen atoms in total. The molecule has 0 spiro atoms. The highest BCUT2D eigenvalue weighted by atomic mass is 16.2. The Morgan fingerprint density at radius 1 is 1.15 bits per heavy atom. The Morgan fingerprint density at radius 3 is 2.50 bits per heavy atom. The van der Waals surface area contributed by atoms with Crippen molar-refractivity contribution >= 4 is 17.7 Å². The molecule has 0 aliphatic heterocycles. The molecule has 0 saturated heterocycles. The first-order valence-corrected chi connectivity index (χ1v) is 8.57. The first-order chi connectivity index (χ1) is 12.7. The number of carbonyl (C=O) groups excluding carboxylic acids is 1. The van der Waals surface area contributed by atoms with Crippen LogP contribution in [0.2, 0.25) is 0 Å². The van der Waals surface area contributed by atoms with Gasteiger partial charge in [-0.15, -0.1) is 0 Å². The molecule has 0 aliphatic rings. The van der Waals surface area contributed by atoms with Gasteiger partial charge >= 0.3 is 0 Å². The maximum absolute atomic E-state index is 12.2. The van der Waals surface area contributed by atoms with Gasteiger partial charge in [0.2, 0.25) is 0 Å². The standard InChI is InChI=1S/C21H22N4O/c1-3-25(20-9-4-17(2)5-10-20)23-21(26)13-8-18-6-11-19(12-7-18)24-15-14-22-16-24/h4-16H,3H2,1-2H3,(H,23,26)/b13-8+. The lowest BCUT2D eigenvalue weighted by Gasteiger charge is -2.23. The molecule has 0 fully saturated rings. The lowest BCUT2D eigenvalue weighted by molar-refractivity contribution is -0.116. The SMILES string of the molecule is CCN(NC(=O)/C=C/c1ccc(-n2ccnc2)cc1)c1ccc(C)cc1. The summed E-state index contributed by atoms with van der Waals surface area (Å²) in [5.74, 6) is -0.161. The monoisotopic (exact) mass is 346 g/mol. The van der Waals surface area contributed by atoms with Crippen molar-refractivity contribution in [2.45, 2.75) is 13.8 Å². The normalized spacial score (nSPS) is 10.8. The maximum Gasteiger partial charge on any atom is 0.262 e. The number of imidazole rings is 1. The number of hydrogen-bond acceptors (Lipinski definition) is 3. The van der Waals surface area contributed by atoms with Gasteiger partial charge in [0, 0.05) is 30.7 Å². The van der Waals surface area contributed by atoms with Crippen LogP contribution in [-0.2, 0) is 4.79 Å². The molecule has 1 aromatic heterocycles. The molecule has 0 aliphatic carbocycles. The van der Waals surface area contributed by atoms with E-state index in [1.807, 2.05) is 78.2 Å². The molecule has 0 saturated carbocycles. The van der Waals surface area contributed by atoms with E-state index in [2.05, 4.69) is 10.4 Å². The Hall–Kier alpha value is -3.34. The summed E-state index contributed by atoms with van der Waals surface area (Å²) in [4.78, 5) is 16.3. The second kappa shape index (κ2) is 8.16. The Balaban J connectivity index is 1.62. The van der Waals surface area contributed by atoms with Crippen LogP contribution in [0.1, 0.15) is 18.1 Å². The fourth-order valence-electron chi connectivity index (χ4n) is 2.56. The number of amides is 1. The van der Waals surface area contributed by atoms with Crippen LogP contribution in [0.3, 0.4) is 0 Å². The van der Waals surface area contributed by atoms with Crippen molar-refractivity contribution in [3.05, 3.63) is 84.5 Å². The van der Waals surface area contributed by atoms with Crippen molar-refractivity contribution in [1.29, 1.82) is 0 Å². The molecule has 0 bridgehead atoms. The topological polar surface area (TPSA) is 50.2 Å². The number of nitrogens with zero attached hydrogens (tertiary/aromatic N) is 3. The van der Waals surface area contributed by atoms with Crippen LogP contribution in [-0.4, -0.2) is 22.0 Å². The predicted molar refractivity (Wildman–Crippen MR) is 105 cm³/mol. The molecular formula is C21H22N4O. The zero-order valence-electron chi connectivity index (χ0n) is 15.0. The first kappa shape index (κ1) is 17.5. The first-order valence-electron chi connectivity index (χ1n) is 8.57. The Kier molecular flexibility index (Phi) is 5.49. The highest BCUT2D eigenvalue weighted by Crippen LogP contribution is 2.13. The van der Waals surface area contributed by atoms with Gasteiger partial charge in [-0.25, -0.2) is 4.98 Å². The van der Waals surface area contributed by atoms with Crippen LogP contribution >= 0.6 is 0 Å². The molecule has 0 radical (unpaired) electrons. The quantitative estimate of drug-likeness (QED) is 0.546. The minimum atomic E-state index is -0.161. The summed E-state index contributed by atoms with van der Waals surface area (Å²) in [5.41, 5.74) is 7.04. The molecule has 1 heterocycles. The molecular weight excluding hydrogens is 324 g/mol. The van der Waals surface area contributed by atoms with E-state index >= 15 is 0 Å². The Morgan fingerprint density at radius 2 is 1.88 bits per heavy atom. The van der Waals surface area contributed by atoms with Gasteiger partial charge in [0.25, 0.3) is 5.91 Å². The molecule has 3 rings (SSSR count). The molecule has 0 unspecified atom stereocenters. The zero-order valence-corrected chi connectivity index (χ0v) is 15.0. The largest absolute Gasteiger partial charge is 0.306 e. The number of nitrogens with one attached hydrogen (secondary N) is 1. The number of rotatable bonds is 6. The summed E-state index contributed by atoms with van der Waals surface area (Å²) in [6.07, 6.45) is 8.73. The Labute approximate surface area is 153 Å². The van der Waals surface area contributed by atoms with E-state index in [-0.39, 0.29) is 5.91 Å². The molecule has 2 aromatic carbocycles. The van der Waals surface area contributed by atoms with E-state index in [4.69, 9.17) is 0 Å². The number of carbonyl (C=O) groups is 1. The van der Waals surface area contributed by atoms with Crippen molar-refractivity contribution in [2.75, 3.05) is 11.6 Å². The number of aromatic nitrogens is 2. The molecule has 1 amide bonds. The Bertz CT molecular complexity index is 865. The molecule has 132 valence electrons. The summed E-state index contributed by atoms with van der Waals surface area (Å²) in [7, 11) is 0. The average molecular weight is 346 g/mol. The summed E-state index contributed by atoms with van der Waals surface area (Å²) in [6.45, 7) is 4.72. The van der Waals surface area contributed by atoms with Gasteiger partial charge in [-0.2, -0.15) is 0 Å². The smallest absolute Gasteiger partial charge is 0.262 e. The van der Waals surface area contributed by atoms with Gasteiger partial charge in [-0.05, 0) is 49.8 Å². The maximum atomic E-state index is 12.2. The fraction of sp³-hybridized carbons (Fsp3) is 0.143. The lowest BCUT2D eigenvalue weighted by Crippen LogP contribution is -2.41. The van der Waals surface area contributed by atoms with Crippen molar-refractivity contribution in [1.82, 2.24) is 15.0 Å². The summed E-state index contributed by atoms with van der Waals surface area (Å²) in [6, 6.07) is 16.0. The third kappa shape index (κ3) is 4.39. The van der Waals surface area contributed by atoms with Crippen LogP contribution in [0, 0.1) is 6.92 Å². The van der Waals surface area contributed by atoms with Gasteiger partial charge in [-0.3, -0.25) is 15.2 Å². The van der Waals surface area contributed by atoms with Crippen LogP contribution in [0.5, 0.6) is 0 Å². The van der Waals surface area contributed by atoms with E-state index in [0.29, 0.717) is 6.54 Å². The molecule has 3 aromatic rings. The van der Waals surface area contributed by atoms with Gasteiger partial charge < -0.3 is 4.57 Å². The van der Waals surface area contributed by atoms with E-state index in [9.17, 15) is 4.79 Å². The van der Waals surface area contributed by atoms with Crippen molar-refractivity contribution in [2.24, 2.45) is 0 Å². The van der Waals surface area contributed by atoms with Crippen molar-refractivity contribution in [3.8, 4) is 5.69 Å². The number of hydrogen-bond donors (Lipinski definition) is 1. The third-order valence-corrected chi connectivity index (χ3v) is 4.03. The average Bonchev–Trinajstić information content (AvgIpc) is 3.20. The van der Waals surface area contributed by atoms with Crippen LogP contribution in [0.15, 0.2) is 73.3 Å². The van der Waals surface area contributed by atoms with Crippen molar-refractivity contribution in [3.63, 3.8) is 0 Å². The number of aryl methyl sites for hydroxylation is 1. The second-order valence-corrected chi connectivity index (χ2v) is 5.95. The van der Waals surface area contributed by atoms with Gasteiger partial charge in [0.1, 0.15) is 0 Å². The van der Waals surface area contributed by atoms with Gasteiger partial charge in [-0.1, -0.05) is 29.8 Å². The van der Waals surface area contributed by atoms with Crippen molar-refractivity contribution < 1.29 is 4.79 Å². The zero-order chi connectivity index (χ0) is 18.4. The summed E-state index contributed by atoms with van der Waals surface area (Å²) in [5, 5.41) is 1.83. The minimum absolute atomic E-state index is 0.161. The predicted octanol–water partition coefficient (Wildman–Crippen LogP) is 3.75. The summed E-state index contributed by atoms with van der Waals surface area (Å²) < 4.78 is 1.93. The highest BCUT2D eigenvalue weighted by molar-refractivity contribution is 5.92. The van der Waals surface area contributed by atoms with Crippen LogP contribution < -0.4 is 10.4 Å². The van der Waals surface area contributed by atoms with E-state index in [0.717, 1.165) is 16.9 Å². The second-order valence-electron chi connectivity index (χ2n) is 5.95. The summed E-state index contributed by atoms with van der Waals surface area (Å²) >= 11 is 0. The third-order valence-electron chi connectivity index (χ3n) is 4.03. The highest BCUT2D eigenvalue weighted by Gasteiger charge is 2.06. The lowest BCUT2D eigenvalue weighted by atomic mass is 10.2. The van der Waals surface area contributed by atoms with Crippen LogP contribution in [0.4, 0.5) is 5.69 Å². The van der Waals surface area contributed by atoms with E-state index in [1.165, 1.54) is 5.56 Å². The number of hydrazine groups is 1. The molecule has 0 atom stereocenters. The van der Waals surface area contributed by atoms with Gasteiger partial charge in [0.05, 0.1) is 12.0 Å². The van der Waals surface area contributed by atoms with E-state index in [1.54, 1.807) is 24.7 Å².